The predicted molar refractivity (Wildman–Crippen MR) is 108 cm³/mol. The Hall–Kier alpha value is -3.92. The molecule has 148 valence electrons. The number of nitriles is 1. The number of allylic oxidation sites excluding steroid dienone is 1. The maximum absolute atomic E-state index is 14.2. The van der Waals surface area contributed by atoms with Crippen LogP contribution in [0.15, 0.2) is 71.2 Å². The van der Waals surface area contributed by atoms with E-state index in [1.54, 1.807) is 4.90 Å². The summed E-state index contributed by atoms with van der Waals surface area (Å²) in [7, 11) is 0. The molecule has 1 atom stereocenters. The van der Waals surface area contributed by atoms with Gasteiger partial charge >= 0.3 is 0 Å². The molecule has 3 N–H and O–H groups in total. The van der Waals surface area contributed by atoms with Crippen molar-refractivity contribution in [3.05, 3.63) is 82.6 Å². The Morgan fingerprint density at radius 2 is 1.90 bits per heavy atom. The van der Waals surface area contributed by atoms with Gasteiger partial charge in [-0.05, 0) is 43.2 Å². The molecule has 0 unspecified atom stereocenters. The van der Waals surface area contributed by atoms with Crippen LogP contribution >= 0.6 is 0 Å². The lowest BCUT2D eigenvalue weighted by molar-refractivity contribution is -0.122. The van der Waals surface area contributed by atoms with Gasteiger partial charge in [0.05, 0.1) is 5.57 Å². The predicted octanol–water partition coefficient (Wildman–Crippen LogP) is 3.24. The molecule has 3 aliphatic rings. The molecular weight excluding hydrogens is 383 g/mol. The summed E-state index contributed by atoms with van der Waals surface area (Å²) in [4.78, 5) is 28.3. The van der Waals surface area contributed by atoms with Crippen LogP contribution in [-0.4, -0.2) is 11.7 Å². The molecule has 0 bridgehead atoms. The van der Waals surface area contributed by atoms with Crippen LogP contribution in [0.2, 0.25) is 0 Å². The molecule has 1 aliphatic carbocycles. The highest BCUT2D eigenvalue weighted by Gasteiger charge is 2.60. The molecule has 5 rings (SSSR count). The maximum Gasteiger partial charge on any atom is 0.245 e. The fourth-order valence-corrected chi connectivity index (χ4v) is 4.83. The summed E-state index contributed by atoms with van der Waals surface area (Å²) in [6.07, 6.45) is 1.36. The molecule has 1 amide bonds. The zero-order chi connectivity index (χ0) is 21.0. The van der Waals surface area contributed by atoms with Crippen molar-refractivity contribution in [2.24, 2.45) is 5.73 Å². The first-order chi connectivity index (χ1) is 14.5. The van der Waals surface area contributed by atoms with Gasteiger partial charge in [0.25, 0.3) is 0 Å². The van der Waals surface area contributed by atoms with Crippen molar-refractivity contribution in [1.82, 2.24) is 0 Å². The summed E-state index contributed by atoms with van der Waals surface area (Å²) >= 11 is 0. The fourth-order valence-electron chi connectivity index (χ4n) is 4.83. The van der Waals surface area contributed by atoms with Crippen molar-refractivity contribution >= 4 is 23.1 Å². The average molecular weight is 400 g/mol. The van der Waals surface area contributed by atoms with Gasteiger partial charge in [-0.3, -0.25) is 14.5 Å². The van der Waals surface area contributed by atoms with E-state index < -0.39 is 17.1 Å². The third-order valence-corrected chi connectivity index (χ3v) is 6.00. The van der Waals surface area contributed by atoms with Gasteiger partial charge < -0.3 is 11.1 Å². The topological polar surface area (TPSA) is 99.2 Å². The number of hydrogen-bond acceptors (Lipinski definition) is 5. The summed E-state index contributed by atoms with van der Waals surface area (Å²) in [5.74, 6) is -1.27. The van der Waals surface area contributed by atoms with E-state index >= 15 is 0 Å². The molecule has 0 fully saturated rings. The van der Waals surface area contributed by atoms with E-state index in [2.05, 4.69) is 11.4 Å². The quantitative estimate of drug-likeness (QED) is 0.766. The van der Waals surface area contributed by atoms with Crippen LogP contribution < -0.4 is 16.0 Å². The summed E-state index contributed by atoms with van der Waals surface area (Å²) in [5, 5.41) is 12.8. The van der Waals surface area contributed by atoms with E-state index in [0.29, 0.717) is 29.9 Å². The minimum absolute atomic E-state index is 0.0674. The van der Waals surface area contributed by atoms with Crippen LogP contribution in [0.4, 0.5) is 15.8 Å². The normalized spacial score (nSPS) is 22.7. The number of nitrogens with two attached hydrogens (primary N) is 1. The lowest BCUT2D eigenvalue weighted by Crippen LogP contribution is -2.50. The number of benzene rings is 2. The Labute approximate surface area is 172 Å². The van der Waals surface area contributed by atoms with Crippen LogP contribution in [0.5, 0.6) is 0 Å². The molecule has 1 spiro atoms. The standard InChI is InChI=1S/C23H17FN4O2/c24-13-9-10-17-15(11-13)23(22(30)27-17)16(12-25)21(26)28(14-5-2-1-3-6-14)18-7-4-8-19(29)20(18)23/h1-3,5-6,9-11H,4,7-8,26H2,(H,27,30)/t23-/m1/s1. The highest BCUT2D eigenvalue weighted by atomic mass is 19.1. The first-order valence-corrected chi connectivity index (χ1v) is 9.64. The second-order valence-corrected chi connectivity index (χ2v) is 7.54. The lowest BCUT2D eigenvalue weighted by atomic mass is 9.64. The Morgan fingerprint density at radius 1 is 1.13 bits per heavy atom. The zero-order valence-electron chi connectivity index (χ0n) is 15.9. The molecule has 2 heterocycles. The van der Waals surface area contributed by atoms with E-state index in [9.17, 15) is 19.2 Å². The molecule has 6 nitrogen and oxygen atoms in total. The van der Waals surface area contributed by atoms with Crippen molar-refractivity contribution in [3.63, 3.8) is 0 Å². The highest BCUT2D eigenvalue weighted by molar-refractivity contribution is 6.19. The zero-order valence-corrected chi connectivity index (χ0v) is 15.9. The van der Waals surface area contributed by atoms with Crippen molar-refractivity contribution in [1.29, 1.82) is 5.26 Å². The number of fused-ring (bicyclic) bond motifs is 3. The number of carbonyl (C=O) groups is 2. The van der Waals surface area contributed by atoms with Gasteiger partial charge in [0.15, 0.2) is 5.78 Å². The molecule has 0 saturated carbocycles. The number of halogens is 1. The number of anilines is 2. The summed E-state index contributed by atoms with van der Waals surface area (Å²) in [5.41, 5.74) is 6.80. The van der Waals surface area contributed by atoms with Crippen LogP contribution in [0.25, 0.3) is 0 Å². The number of amides is 1. The summed E-state index contributed by atoms with van der Waals surface area (Å²) in [6, 6.07) is 15.1. The second kappa shape index (κ2) is 6.29. The average Bonchev–Trinajstić information content (AvgIpc) is 3.01. The van der Waals surface area contributed by atoms with E-state index in [4.69, 9.17) is 5.73 Å². The number of rotatable bonds is 1. The van der Waals surface area contributed by atoms with Gasteiger partial charge in [0.1, 0.15) is 23.1 Å². The van der Waals surface area contributed by atoms with Gasteiger partial charge in [-0.25, -0.2) is 4.39 Å². The minimum atomic E-state index is -1.74. The minimum Gasteiger partial charge on any atom is -0.384 e. The highest BCUT2D eigenvalue weighted by Crippen LogP contribution is 2.55. The van der Waals surface area contributed by atoms with Crippen molar-refractivity contribution in [3.8, 4) is 6.07 Å². The molecule has 7 heteroatoms. The van der Waals surface area contributed by atoms with Crippen molar-refractivity contribution in [2.45, 2.75) is 24.7 Å². The van der Waals surface area contributed by atoms with E-state index in [1.807, 2.05) is 30.3 Å². The number of Topliss-reactive ketones (excluding diaryl/α,β-unsaturated/α-hetero) is 1. The molecule has 0 radical (unpaired) electrons. The van der Waals surface area contributed by atoms with E-state index in [0.717, 1.165) is 0 Å². The Kier molecular flexibility index (Phi) is 3.80. The van der Waals surface area contributed by atoms with Crippen molar-refractivity contribution in [2.75, 3.05) is 10.2 Å². The largest absolute Gasteiger partial charge is 0.384 e. The molecule has 2 aliphatic heterocycles. The molecule has 0 saturated heterocycles. The number of nitrogens with one attached hydrogen (secondary N) is 1. The van der Waals surface area contributed by atoms with Crippen LogP contribution in [-0.2, 0) is 15.0 Å². The molecule has 2 aromatic rings. The van der Waals surface area contributed by atoms with E-state index in [1.165, 1.54) is 18.2 Å². The van der Waals surface area contributed by atoms with Gasteiger partial charge in [-0.2, -0.15) is 5.26 Å². The Morgan fingerprint density at radius 3 is 2.63 bits per heavy atom. The van der Waals surface area contributed by atoms with Crippen LogP contribution in [0.3, 0.4) is 0 Å². The Bertz CT molecular complexity index is 1230. The maximum atomic E-state index is 14.2. The number of hydrogen-bond donors (Lipinski definition) is 2. The third-order valence-electron chi connectivity index (χ3n) is 6.00. The van der Waals surface area contributed by atoms with E-state index in [-0.39, 0.29) is 34.7 Å². The molecule has 2 aromatic carbocycles. The van der Waals surface area contributed by atoms with Gasteiger partial charge in [0.2, 0.25) is 5.91 Å². The number of ketones is 1. The second-order valence-electron chi connectivity index (χ2n) is 7.54. The van der Waals surface area contributed by atoms with Crippen molar-refractivity contribution < 1.29 is 14.0 Å². The SMILES string of the molecule is N#CC1=C(N)N(c2ccccc2)C2=C(C(=O)CCC2)[C@]12C(=O)Nc1ccc(F)cc12. The monoisotopic (exact) mass is 400 g/mol. The first-order valence-electron chi connectivity index (χ1n) is 9.64. The lowest BCUT2D eigenvalue weighted by Gasteiger charge is -2.43. The summed E-state index contributed by atoms with van der Waals surface area (Å²) < 4.78 is 14.2. The molecular formula is C23H17FN4O2. The number of nitrogens with zero attached hydrogens (tertiary/aromatic N) is 2. The first kappa shape index (κ1) is 18.1. The summed E-state index contributed by atoms with van der Waals surface area (Å²) in [6.45, 7) is 0. The third kappa shape index (κ3) is 2.16. The molecule has 30 heavy (non-hydrogen) atoms. The smallest absolute Gasteiger partial charge is 0.245 e. The van der Waals surface area contributed by atoms with Gasteiger partial charge in [0, 0.05) is 34.6 Å². The Balaban J connectivity index is 1.90. The molecule has 0 aromatic heterocycles. The number of para-hydroxylation sites is 1. The fraction of sp³-hybridized carbons (Fsp3) is 0.174. The van der Waals surface area contributed by atoms with Crippen LogP contribution in [0.1, 0.15) is 24.8 Å². The number of carbonyl (C=O) groups excluding carboxylic acids is 2. The van der Waals surface area contributed by atoms with Crippen LogP contribution in [0, 0.1) is 17.1 Å². The van der Waals surface area contributed by atoms with Gasteiger partial charge in [-0.15, -0.1) is 0 Å². The van der Waals surface area contributed by atoms with Gasteiger partial charge in [-0.1, -0.05) is 18.2 Å².